The number of hydrogen-bond acceptors (Lipinski definition) is 6. The van der Waals surface area contributed by atoms with Gasteiger partial charge >= 0.3 is 5.69 Å². The molecule has 35 heavy (non-hydrogen) atoms. The van der Waals surface area contributed by atoms with E-state index in [0.29, 0.717) is 11.9 Å². The molecule has 2 heterocycles. The van der Waals surface area contributed by atoms with Crippen molar-refractivity contribution < 1.29 is 22.4 Å². The van der Waals surface area contributed by atoms with E-state index in [-0.39, 0.29) is 16.7 Å². The molecule has 0 bridgehead atoms. The molecule has 1 fully saturated rings. The fourth-order valence-electron chi connectivity index (χ4n) is 3.38. The first kappa shape index (κ1) is 30.4. The molecular weight excluding hydrogens is 510 g/mol. The summed E-state index contributed by atoms with van der Waals surface area (Å²) in [5.41, 5.74) is -3.33. The number of alkyl halides is 1. The molecule has 0 amide bonds. The maximum absolute atomic E-state index is 16.3. The second-order valence-corrected chi connectivity index (χ2v) is 22.9. The van der Waals surface area contributed by atoms with Gasteiger partial charge in [0.15, 0.2) is 29.0 Å². The molecule has 4 atom stereocenters. The lowest BCUT2D eigenvalue weighted by Gasteiger charge is -2.45. The highest BCUT2D eigenvalue weighted by Crippen LogP contribution is 2.48. The lowest BCUT2D eigenvalue weighted by atomic mass is 9.99. The van der Waals surface area contributed by atoms with Gasteiger partial charge in [-0.25, -0.2) is 9.18 Å². The molecule has 1 N–H and O–H groups in total. The van der Waals surface area contributed by atoms with Gasteiger partial charge in [0.25, 0.3) is 5.56 Å². The van der Waals surface area contributed by atoms with Crippen LogP contribution in [0.15, 0.2) is 15.8 Å². The van der Waals surface area contributed by atoms with Crippen LogP contribution in [0.25, 0.3) is 0 Å². The standard InChI is InChI=1S/C23H42F2N2O5SSi2/c1-21(2,3)34(8,9)30-13-23(14-33-7)17(32-35(10,11)22(4,5)6)16(25)19(31-23)27-12-15(24)18(28)26-20(27)29/h12,16-17,19H,13-14H2,1-11H3,(H,26,28,29)/t16-,17?,19+,23-/m0/s1. The van der Waals surface area contributed by atoms with Crippen LogP contribution in [0.1, 0.15) is 47.8 Å². The number of hydrogen-bond donors (Lipinski definition) is 1. The van der Waals surface area contributed by atoms with Gasteiger partial charge in [0.05, 0.1) is 12.8 Å². The number of H-pyrrole nitrogens is 1. The first-order valence-electron chi connectivity index (χ1n) is 11.8. The molecule has 1 unspecified atom stereocenters. The number of thioether (sulfide) groups is 1. The topological polar surface area (TPSA) is 82.5 Å². The summed E-state index contributed by atoms with van der Waals surface area (Å²) < 4.78 is 50.6. The Kier molecular flexibility index (Phi) is 8.84. The highest BCUT2D eigenvalue weighted by molar-refractivity contribution is 7.98. The van der Waals surface area contributed by atoms with E-state index < -0.39 is 57.8 Å². The second-order valence-electron chi connectivity index (χ2n) is 12.4. The van der Waals surface area contributed by atoms with Crippen LogP contribution in [0.4, 0.5) is 8.78 Å². The van der Waals surface area contributed by atoms with E-state index >= 15 is 4.39 Å². The summed E-state index contributed by atoms with van der Waals surface area (Å²) in [6.07, 6.45) is -1.73. The van der Waals surface area contributed by atoms with Crippen molar-refractivity contribution in [2.75, 3.05) is 18.6 Å². The van der Waals surface area contributed by atoms with E-state index in [9.17, 15) is 14.0 Å². The zero-order chi connectivity index (χ0) is 27.2. The number of rotatable bonds is 8. The predicted octanol–water partition coefficient (Wildman–Crippen LogP) is 5.06. The van der Waals surface area contributed by atoms with Crippen LogP contribution >= 0.6 is 11.8 Å². The van der Waals surface area contributed by atoms with Gasteiger partial charge in [0, 0.05) is 5.75 Å². The maximum atomic E-state index is 16.3. The Bertz CT molecular complexity index is 1020. The molecule has 0 aliphatic carbocycles. The number of aromatic amines is 1. The SMILES string of the molecule is CSC[C@]1(CO[Si](C)(C)C(C)(C)C)O[C@@H](n2cc(F)c(=O)[nH]c2=O)[C@@H](F)C1O[Si](C)(C)C(C)(C)C. The van der Waals surface area contributed by atoms with Crippen molar-refractivity contribution in [3.05, 3.63) is 32.9 Å². The minimum Gasteiger partial charge on any atom is -0.414 e. The van der Waals surface area contributed by atoms with Gasteiger partial charge in [-0.2, -0.15) is 16.2 Å². The van der Waals surface area contributed by atoms with Crippen LogP contribution in [-0.4, -0.2) is 62.7 Å². The van der Waals surface area contributed by atoms with E-state index in [4.69, 9.17) is 13.6 Å². The maximum Gasteiger partial charge on any atom is 0.330 e. The van der Waals surface area contributed by atoms with Crippen molar-refractivity contribution in [1.29, 1.82) is 0 Å². The van der Waals surface area contributed by atoms with Gasteiger partial charge in [-0.3, -0.25) is 14.3 Å². The Morgan fingerprint density at radius 2 is 1.66 bits per heavy atom. The van der Waals surface area contributed by atoms with Crippen LogP contribution in [-0.2, 0) is 13.6 Å². The minimum absolute atomic E-state index is 0.0706. The van der Waals surface area contributed by atoms with Crippen LogP contribution < -0.4 is 11.2 Å². The molecule has 1 aliphatic rings. The lowest BCUT2D eigenvalue weighted by Crippen LogP contribution is -2.57. The third-order valence-electron chi connectivity index (χ3n) is 7.73. The number of ether oxygens (including phenoxy) is 1. The smallest absolute Gasteiger partial charge is 0.330 e. The van der Waals surface area contributed by atoms with Crippen LogP contribution in [0, 0.1) is 5.82 Å². The molecule has 1 aromatic heterocycles. The summed E-state index contributed by atoms with van der Waals surface area (Å²) >= 11 is 1.46. The molecule has 0 aromatic carbocycles. The van der Waals surface area contributed by atoms with Crippen molar-refractivity contribution in [2.24, 2.45) is 0 Å². The summed E-state index contributed by atoms with van der Waals surface area (Å²) in [5, 5.41) is -0.299. The van der Waals surface area contributed by atoms with E-state index in [0.717, 1.165) is 4.57 Å². The highest BCUT2D eigenvalue weighted by atomic mass is 32.2. The molecular formula is C23H42F2N2O5SSi2. The number of nitrogens with zero attached hydrogens (tertiary/aromatic N) is 1. The van der Waals surface area contributed by atoms with Gasteiger partial charge < -0.3 is 13.6 Å². The van der Waals surface area contributed by atoms with Crippen molar-refractivity contribution >= 4 is 28.4 Å². The van der Waals surface area contributed by atoms with Crippen LogP contribution in [0.3, 0.4) is 0 Å². The van der Waals surface area contributed by atoms with Gasteiger partial charge in [-0.15, -0.1) is 0 Å². The molecule has 0 saturated carbocycles. The first-order valence-corrected chi connectivity index (χ1v) is 19.0. The van der Waals surface area contributed by atoms with Crippen molar-refractivity contribution in [2.45, 2.75) is 102 Å². The molecule has 2 rings (SSSR count). The molecule has 0 radical (unpaired) electrons. The van der Waals surface area contributed by atoms with Crippen molar-refractivity contribution in [3.8, 4) is 0 Å². The lowest BCUT2D eigenvalue weighted by molar-refractivity contribution is -0.109. The van der Waals surface area contributed by atoms with Gasteiger partial charge in [0.1, 0.15) is 11.7 Å². The normalized spacial score (nSPS) is 26.4. The zero-order valence-corrected chi connectivity index (χ0v) is 25.7. The molecule has 0 spiro atoms. The number of halogens is 2. The van der Waals surface area contributed by atoms with Gasteiger partial charge in [-0.1, -0.05) is 41.5 Å². The molecule has 12 heteroatoms. The Morgan fingerprint density at radius 3 is 2.14 bits per heavy atom. The number of aromatic nitrogens is 2. The van der Waals surface area contributed by atoms with Crippen LogP contribution in [0.2, 0.25) is 36.3 Å². The molecule has 1 saturated heterocycles. The zero-order valence-electron chi connectivity index (χ0n) is 22.9. The second kappa shape index (κ2) is 10.2. The number of nitrogens with one attached hydrogen (secondary N) is 1. The Hall–Kier alpha value is -0.796. The largest absolute Gasteiger partial charge is 0.414 e. The van der Waals surface area contributed by atoms with E-state index in [1.54, 1.807) is 0 Å². The van der Waals surface area contributed by atoms with Gasteiger partial charge in [-0.05, 0) is 42.5 Å². The Balaban J connectivity index is 2.62. The summed E-state index contributed by atoms with van der Waals surface area (Å²) in [4.78, 5) is 26.0. The van der Waals surface area contributed by atoms with Crippen molar-refractivity contribution in [3.63, 3.8) is 0 Å². The Morgan fingerprint density at radius 1 is 1.11 bits per heavy atom. The van der Waals surface area contributed by atoms with Crippen molar-refractivity contribution in [1.82, 2.24) is 9.55 Å². The third kappa shape index (κ3) is 6.20. The average molecular weight is 553 g/mol. The quantitative estimate of drug-likeness (QED) is 0.454. The Labute approximate surface area is 213 Å². The van der Waals surface area contributed by atoms with E-state index in [2.05, 4.69) is 54.6 Å². The first-order chi connectivity index (χ1) is 15.7. The molecule has 1 aliphatic heterocycles. The van der Waals surface area contributed by atoms with Gasteiger partial charge in [0.2, 0.25) is 5.82 Å². The minimum atomic E-state index is -2.50. The van der Waals surface area contributed by atoms with E-state index in [1.165, 1.54) is 11.8 Å². The molecule has 1 aromatic rings. The monoisotopic (exact) mass is 552 g/mol. The predicted molar refractivity (Wildman–Crippen MR) is 143 cm³/mol. The summed E-state index contributed by atoms with van der Waals surface area (Å²) in [5.74, 6) is -0.847. The third-order valence-corrected chi connectivity index (χ3v) is 17.4. The summed E-state index contributed by atoms with van der Waals surface area (Å²) in [6, 6.07) is 0. The molecule has 7 nitrogen and oxygen atoms in total. The van der Waals surface area contributed by atoms with E-state index in [1.807, 2.05) is 24.3 Å². The fraction of sp³-hybridized carbons (Fsp3) is 0.826. The summed E-state index contributed by atoms with van der Waals surface area (Å²) in [7, 11) is -4.75. The highest BCUT2D eigenvalue weighted by Gasteiger charge is 2.60. The summed E-state index contributed by atoms with van der Waals surface area (Å²) in [6.45, 7) is 20.8. The van der Waals surface area contributed by atoms with Crippen LogP contribution in [0.5, 0.6) is 0 Å². The fourth-order valence-corrected chi connectivity index (χ4v) is 6.55. The average Bonchev–Trinajstić information content (AvgIpc) is 2.94. The molecule has 202 valence electrons.